The number of aromatic nitrogens is 4. The molecule has 5 heteroatoms. The van der Waals surface area contributed by atoms with Gasteiger partial charge in [0.05, 0.1) is 16.9 Å². The fraction of sp³-hybridized carbons (Fsp3) is 0.0952. The second kappa shape index (κ2) is 6.52. The Balaban J connectivity index is 1.78. The average molecular weight is 344 g/mol. The van der Waals surface area contributed by atoms with E-state index in [-0.39, 0.29) is 5.82 Å². The van der Waals surface area contributed by atoms with Crippen LogP contribution >= 0.6 is 0 Å². The highest BCUT2D eigenvalue weighted by Gasteiger charge is 2.14. The third-order valence-corrected chi connectivity index (χ3v) is 4.35. The Kier molecular flexibility index (Phi) is 4.05. The largest absolute Gasteiger partial charge is 0.254 e. The van der Waals surface area contributed by atoms with Gasteiger partial charge in [0, 0.05) is 11.8 Å². The van der Waals surface area contributed by atoms with Gasteiger partial charge in [-0.1, -0.05) is 35.6 Å². The number of nitrogens with zero attached hydrogens (tertiary/aromatic N) is 4. The van der Waals surface area contributed by atoms with Crippen molar-refractivity contribution < 1.29 is 4.39 Å². The molecule has 4 aromatic rings. The summed E-state index contributed by atoms with van der Waals surface area (Å²) < 4.78 is 15.0. The van der Waals surface area contributed by atoms with Crippen molar-refractivity contribution in [1.82, 2.24) is 20.0 Å². The zero-order valence-corrected chi connectivity index (χ0v) is 14.5. The Labute approximate surface area is 150 Å². The summed E-state index contributed by atoms with van der Waals surface area (Å²) in [6.45, 7) is 3.97. The molecule has 2 aromatic carbocycles. The van der Waals surface area contributed by atoms with E-state index >= 15 is 0 Å². The lowest BCUT2D eigenvalue weighted by Crippen LogP contribution is -2.05. The van der Waals surface area contributed by atoms with E-state index in [2.05, 4.69) is 21.4 Å². The predicted molar refractivity (Wildman–Crippen MR) is 101 cm³/mol. The zero-order valence-electron chi connectivity index (χ0n) is 14.5. The minimum Gasteiger partial charge on any atom is -0.254 e. The van der Waals surface area contributed by atoms with Crippen LogP contribution in [0.4, 0.5) is 4.39 Å². The molecule has 0 bridgehead atoms. The summed E-state index contributed by atoms with van der Waals surface area (Å²) in [7, 11) is 0. The van der Waals surface area contributed by atoms with Crippen LogP contribution < -0.4 is 0 Å². The van der Waals surface area contributed by atoms with E-state index in [0.29, 0.717) is 0 Å². The molecule has 0 atom stereocenters. The number of aryl methyl sites for hydroxylation is 1. The van der Waals surface area contributed by atoms with Crippen LogP contribution in [0.3, 0.4) is 0 Å². The number of rotatable bonds is 3. The lowest BCUT2D eigenvalue weighted by molar-refractivity contribution is 0.628. The molecule has 0 fully saturated rings. The van der Waals surface area contributed by atoms with Gasteiger partial charge >= 0.3 is 0 Å². The van der Waals surface area contributed by atoms with Crippen molar-refractivity contribution in [3.63, 3.8) is 0 Å². The summed E-state index contributed by atoms with van der Waals surface area (Å²) in [5, 5.41) is 8.52. The first-order chi connectivity index (χ1) is 12.7. The topological polar surface area (TPSA) is 43.6 Å². The van der Waals surface area contributed by atoms with E-state index in [1.54, 1.807) is 18.3 Å². The number of fused-ring (bicyclic) bond motifs is 1. The first kappa shape index (κ1) is 16.1. The second-order valence-corrected chi connectivity index (χ2v) is 6.06. The normalized spacial score (nSPS) is 11.9. The molecule has 0 radical (unpaired) electrons. The van der Waals surface area contributed by atoms with Crippen molar-refractivity contribution in [3.8, 4) is 11.1 Å². The Morgan fingerprint density at radius 1 is 1.04 bits per heavy atom. The molecule has 2 aromatic heterocycles. The molecule has 0 saturated carbocycles. The number of pyridine rings is 1. The van der Waals surface area contributed by atoms with Crippen LogP contribution in [-0.4, -0.2) is 20.0 Å². The summed E-state index contributed by atoms with van der Waals surface area (Å²) in [6.07, 6.45) is 3.78. The Bertz CT molecular complexity index is 1110. The molecule has 4 rings (SSSR count). The zero-order chi connectivity index (χ0) is 18.1. The number of hydrogen-bond acceptors (Lipinski definition) is 3. The second-order valence-electron chi connectivity index (χ2n) is 6.06. The van der Waals surface area contributed by atoms with E-state index in [9.17, 15) is 4.39 Å². The molecule has 0 aliphatic heterocycles. The van der Waals surface area contributed by atoms with Gasteiger partial charge in [-0.2, -0.15) is 0 Å². The molecule has 4 nitrogen and oxygen atoms in total. The van der Waals surface area contributed by atoms with Gasteiger partial charge in [-0.3, -0.25) is 4.98 Å². The van der Waals surface area contributed by atoms with Gasteiger partial charge in [0.2, 0.25) is 0 Å². The predicted octanol–water partition coefficient (Wildman–Crippen LogP) is 4.85. The molecule has 0 aliphatic rings. The summed E-state index contributed by atoms with van der Waals surface area (Å²) >= 11 is 0. The van der Waals surface area contributed by atoms with Gasteiger partial charge in [0.25, 0.3) is 0 Å². The summed E-state index contributed by atoms with van der Waals surface area (Å²) in [4.78, 5) is 4.66. The summed E-state index contributed by atoms with van der Waals surface area (Å²) in [5.74, 6) is -0.246. The number of benzene rings is 2. The van der Waals surface area contributed by atoms with E-state index in [4.69, 9.17) is 0 Å². The fourth-order valence-corrected chi connectivity index (χ4v) is 3.05. The van der Waals surface area contributed by atoms with Gasteiger partial charge in [-0.25, -0.2) is 9.07 Å². The smallest absolute Gasteiger partial charge is 0.123 e. The van der Waals surface area contributed by atoms with Crippen molar-refractivity contribution >= 4 is 16.7 Å². The Morgan fingerprint density at radius 2 is 1.81 bits per heavy atom. The Morgan fingerprint density at radius 3 is 2.54 bits per heavy atom. The quantitative estimate of drug-likeness (QED) is 0.533. The van der Waals surface area contributed by atoms with E-state index in [1.165, 1.54) is 12.1 Å². The highest BCUT2D eigenvalue weighted by atomic mass is 19.1. The van der Waals surface area contributed by atoms with Crippen LogP contribution in [0.25, 0.3) is 27.9 Å². The maximum atomic E-state index is 13.1. The standard InChI is InChI=1S/C21H17FN4/c1-3-19(26-20-7-5-4-6-18(20)24-25-26)21-14(2)12-16(13-23-21)15-8-10-17(22)11-9-15/h3-13H,1-2H3/b19-3+. The molecule has 0 aliphatic carbocycles. The van der Waals surface area contributed by atoms with Crippen LogP contribution in [0.15, 0.2) is 66.9 Å². The molecule has 0 amide bonds. The van der Waals surface area contributed by atoms with E-state index < -0.39 is 0 Å². The fourth-order valence-electron chi connectivity index (χ4n) is 3.05. The van der Waals surface area contributed by atoms with Crippen LogP contribution in [-0.2, 0) is 0 Å². The number of allylic oxidation sites excluding steroid dienone is 1. The third kappa shape index (κ3) is 2.77. The minimum absolute atomic E-state index is 0.246. The summed E-state index contributed by atoms with van der Waals surface area (Å²) in [5.41, 5.74) is 6.39. The van der Waals surface area contributed by atoms with E-state index in [0.717, 1.165) is 39.1 Å². The lowest BCUT2D eigenvalue weighted by Gasteiger charge is -2.12. The highest BCUT2D eigenvalue weighted by molar-refractivity contribution is 5.81. The van der Waals surface area contributed by atoms with Gasteiger partial charge in [-0.15, -0.1) is 5.10 Å². The molecular weight excluding hydrogens is 327 g/mol. The Hall–Kier alpha value is -3.34. The molecule has 2 heterocycles. The van der Waals surface area contributed by atoms with Gasteiger partial charge in [0.1, 0.15) is 11.3 Å². The van der Waals surface area contributed by atoms with Crippen LogP contribution in [0.1, 0.15) is 18.2 Å². The van der Waals surface area contributed by atoms with Crippen LogP contribution in [0.5, 0.6) is 0 Å². The molecule has 0 spiro atoms. The monoisotopic (exact) mass is 344 g/mol. The summed E-state index contributed by atoms with van der Waals surface area (Å²) in [6, 6.07) is 16.3. The number of halogens is 1. The SMILES string of the molecule is C/C=C(\c1ncc(-c2ccc(F)cc2)cc1C)n1nnc2ccccc21. The molecule has 0 saturated heterocycles. The molecular formula is C21H17FN4. The van der Waals surface area contributed by atoms with E-state index in [1.807, 2.05) is 48.9 Å². The molecule has 128 valence electrons. The lowest BCUT2D eigenvalue weighted by atomic mass is 10.0. The van der Waals surface area contributed by atoms with Crippen LogP contribution in [0, 0.1) is 12.7 Å². The first-order valence-corrected chi connectivity index (χ1v) is 8.37. The molecule has 0 N–H and O–H groups in total. The maximum Gasteiger partial charge on any atom is 0.123 e. The van der Waals surface area contributed by atoms with Crippen molar-refractivity contribution in [1.29, 1.82) is 0 Å². The first-order valence-electron chi connectivity index (χ1n) is 8.37. The van der Waals surface area contributed by atoms with Crippen molar-refractivity contribution in [2.24, 2.45) is 0 Å². The van der Waals surface area contributed by atoms with Gasteiger partial charge in [0.15, 0.2) is 0 Å². The number of hydrogen-bond donors (Lipinski definition) is 0. The molecule has 0 unspecified atom stereocenters. The maximum absolute atomic E-state index is 13.1. The van der Waals surface area contributed by atoms with Crippen molar-refractivity contribution in [2.45, 2.75) is 13.8 Å². The van der Waals surface area contributed by atoms with Gasteiger partial charge in [-0.05, 0) is 55.3 Å². The van der Waals surface area contributed by atoms with Crippen molar-refractivity contribution in [3.05, 3.63) is 83.9 Å². The molecule has 26 heavy (non-hydrogen) atoms. The number of para-hydroxylation sites is 1. The minimum atomic E-state index is -0.246. The van der Waals surface area contributed by atoms with Crippen molar-refractivity contribution in [2.75, 3.05) is 0 Å². The van der Waals surface area contributed by atoms with Gasteiger partial charge < -0.3 is 0 Å². The highest BCUT2D eigenvalue weighted by Crippen LogP contribution is 2.26. The average Bonchev–Trinajstić information content (AvgIpc) is 3.08. The van der Waals surface area contributed by atoms with Crippen LogP contribution in [0.2, 0.25) is 0 Å². The third-order valence-electron chi connectivity index (χ3n) is 4.35.